The average Bonchev–Trinajstić information content (AvgIpc) is 2.57. The molecule has 0 aliphatic rings. The van der Waals surface area contributed by atoms with Crippen LogP contribution in [-0.4, -0.2) is 0 Å². The van der Waals surface area contributed by atoms with Gasteiger partial charge >= 0.3 is 0 Å². The Morgan fingerprint density at radius 2 is 0.600 bits per heavy atom. The van der Waals surface area contributed by atoms with Gasteiger partial charge in [-0.25, -0.2) is 0 Å². The van der Waals surface area contributed by atoms with Gasteiger partial charge in [-0.05, 0) is 21.5 Å². The Balaban J connectivity index is 0.000000173. The van der Waals surface area contributed by atoms with Crippen molar-refractivity contribution in [2.45, 2.75) is 19.6 Å². The summed E-state index contributed by atoms with van der Waals surface area (Å²) in [4.78, 5) is 3.07. The maximum atomic E-state index is 5.08. The molecule has 0 bridgehead atoms. The molecule has 0 spiro atoms. The van der Waals surface area contributed by atoms with Gasteiger partial charge in [0.25, 0.3) is 0 Å². The van der Waals surface area contributed by atoms with Crippen molar-refractivity contribution in [3.8, 4) is 0 Å². The summed E-state index contributed by atoms with van der Waals surface area (Å²) in [6.07, 6.45) is 0. The zero-order valence-electron chi connectivity index (χ0n) is 12.9. The minimum absolute atomic E-state index is 0. The molecule has 0 aliphatic carbocycles. The van der Waals surface area contributed by atoms with Crippen molar-refractivity contribution in [3.63, 3.8) is 0 Å². The molecule has 4 aromatic carbocycles. The van der Waals surface area contributed by atoms with Crippen LogP contribution in [0.1, 0.15) is 0 Å². The number of rotatable bonds is 0. The van der Waals surface area contributed by atoms with E-state index in [1.165, 1.54) is 0 Å². The molecule has 130 valence electrons. The standard InChI is InChI=1S/2C10H8S2.Ni/c2*11-9-5-7-3-1-2-4-8(7)6-10(9)12;/h2*1-6,11-12H;/p-4. The Hall–Kier alpha value is -1.23. The zero-order chi connectivity index (χ0) is 17.1. The number of fused-ring (bicyclic) bond motifs is 2. The minimum Gasteiger partial charge on any atom is -0.781 e. The average molecular weight is 439 g/mol. The van der Waals surface area contributed by atoms with Crippen LogP contribution in [0, 0.1) is 0 Å². The fraction of sp³-hybridized carbons (Fsp3) is 0. The van der Waals surface area contributed by atoms with Gasteiger partial charge in [0.05, 0.1) is 0 Å². The van der Waals surface area contributed by atoms with Crippen LogP contribution in [0.4, 0.5) is 0 Å². The topological polar surface area (TPSA) is 0 Å². The van der Waals surface area contributed by atoms with E-state index >= 15 is 0 Å². The third-order valence-electron chi connectivity index (χ3n) is 3.62. The van der Waals surface area contributed by atoms with Crippen molar-refractivity contribution in [1.29, 1.82) is 0 Å². The van der Waals surface area contributed by atoms with Crippen molar-refractivity contribution >= 4 is 72.1 Å². The molecular formula is C20H12NiS4-4. The van der Waals surface area contributed by atoms with E-state index in [-0.39, 0.29) is 16.5 Å². The first-order valence-electron chi connectivity index (χ1n) is 7.28. The van der Waals surface area contributed by atoms with Crippen LogP contribution in [0.2, 0.25) is 0 Å². The molecule has 0 saturated carbocycles. The molecule has 0 amide bonds. The van der Waals surface area contributed by atoms with Crippen molar-refractivity contribution in [3.05, 3.63) is 72.8 Å². The van der Waals surface area contributed by atoms with Gasteiger partial charge in [-0.1, -0.05) is 72.8 Å². The number of benzene rings is 4. The predicted octanol–water partition coefficient (Wildman–Crippen LogP) is 5.30. The fourth-order valence-corrected chi connectivity index (χ4v) is 3.14. The molecule has 0 fully saturated rings. The van der Waals surface area contributed by atoms with E-state index in [1.54, 1.807) is 0 Å². The van der Waals surface area contributed by atoms with Crippen molar-refractivity contribution in [2.24, 2.45) is 0 Å². The number of hydrogen-bond acceptors (Lipinski definition) is 4. The van der Waals surface area contributed by atoms with Gasteiger partial charge in [0.1, 0.15) is 0 Å². The number of hydrogen-bond donors (Lipinski definition) is 0. The van der Waals surface area contributed by atoms with Crippen LogP contribution in [-0.2, 0) is 67.0 Å². The summed E-state index contributed by atoms with van der Waals surface area (Å²) in [5, 5.41) is 4.65. The Labute approximate surface area is 180 Å². The summed E-state index contributed by atoms with van der Waals surface area (Å²) in [5.41, 5.74) is 0. The summed E-state index contributed by atoms with van der Waals surface area (Å²) in [5.74, 6) is 0. The zero-order valence-corrected chi connectivity index (χ0v) is 17.1. The second-order valence-electron chi connectivity index (χ2n) is 5.29. The molecule has 0 radical (unpaired) electrons. The molecule has 0 aliphatic heterocycles. The molecule has 5 heteroatoms. The molecule has 0 N–H and O–H groups in total. The first-order chi connectivity index (χ1) is 11.5. The maximum absolute atomic E-state index is 5.08. The minimum atomic E-state index is 0. The van der Waals surface area contributed by atoms with E-state index in [2.05, 4.69) is 0 Å². The second-order valence-corrected chi connectivity index (χ2v) is 7.05. The van der Waals surface area contributed by atoms with Crippen molar-refractivity contribution < 1.29 is 16.5 Å². The van der Waals surface area contributed by atoms with Crippen molar-refractivity contribution in [2.75, 3.05) is 0 Å². The Morgan fingerprint density at radius 3 is 0.800 bits per heavy atom. The predicted molar refractivity (Wildman–Crippen MR) is 110 cm³/mol. The smallest absolute Gasteiger partial charge is 0 e. The fourth-order valence-electron chi connectivity index (χ4n) is 2.40. The molecule has 4 aromatic rings. The summed E-state index contributed by atoms with van der Waals surface area (Å²) in [6.45, 7) is 0. The largest absolute Gasteiger partial charge is 0.781 e. The molecular weight excluding hydrogens is 427 g/mol. The molecule has 0 aromatic heterocycles. The van der Waals surface area contributed by atoms with Crippen LogP contribution >= 0.6 is 0 Å². The van der Waals surface area contributed by atoms with E-state index in [9.17, 15) is 0 Å². The molecule has 0 atom stereocenters. The normalized spacial score (nSPS) is 9.92. The van der Waals surface area contributed by atoms with Gasteiger partial charge < -0.3 is 50.5 Å². The summed E-state index contributed by atoms with van der Waals surface area (Å²) in [6, 6.07) is 24.0. The molecule has 4 rings (SSSR count). The quantitative estimate of drug-likeness (QED) is 0.269. The van der Waals surface area contributed by atoms with E-state index in [0.29, 0.717) is 0 Å². The van der Waals surface area contributed by atoms with Gasteiger partial charge in [0.2, 0.25) is 0 Å². The van der Waals surface area contributed by atoms with Crippen LogP contribution < -0.4 is 0 Å². The van der Waals surface area contributed by atoms with Gasteiger partial charge in [-0.2, -0.15) is 19.6 Å². The van der Waals surface area contributed by atoms with E-state index in [1.807, 2.05) is 72.8 Å². The molecule has 25 heavy (non-hydrogen) atoms. The first kappa shape index (κ1) is 20.1. The van der Waals surface area contributed by atoms with E-state index in [4.69, 9.17) is 50.5 Å². The second kappa shape index (κ2) is 8.93. The van der Waals surface area contributed by atoms with Crippen LogP contribution in [0.25, 0.3) is 21.5 Å². The van der Waals surface area contributed by atoms with E-state index in [0.717, 1.165) is 41.1 Å². The van der Waals surface area contributed by atoms with Gasteiger partial charge in [-0.3, -0.25) is 0 Å². The van der Waals surface area contributed by atoms with Gasteiger partial charge in [0.15, 0.2) is 0 Å². The van der Waals surface area contributed by atoms with Gasteiger partial charge in [-0.15, -0.1) is 0 Å². The third-order valence-corrected chi connectivity index (χ3v) is 5.23. The van der Waals surface area contributed by atoms with Crippen molar-refractivity contribution in [1.82, 2.24) is 0 Å². The van der Waals surface area contributed by atoms with Crippen LogP contribution in [0.3, 0.4) is 0 Å². The Kier molecular flexibility index (Phi) is 7.18. The molecule has 0 nitrogen and oxygen atoms in total. The van der Waals surface area contributed by atoms with E-state index < -0.39 is 0 Å². The summed E-state index contributed by atoms with van der Waals surface area (Å²) >= 11 is 20.3. The molecule has 0 unspecified atom stereocenters. The maximum Gasteiger partial charge on any atom is 0 e. The third kappa shape index (κ3) is 4.90. The molecule has 0 heterocycles. The van der Waals surface area contributed by atoms with Crippen LogP contribution in [0.15, 0.2) is 92.4 Å². The summed E-state index contributed by atoms with van der Waals surface area (Å²) < 4.78 is 0. The monoisotopic (exact) mass is 438 g/mol. The summed E-state index contributed by atoms with van der Waals surface area (Å²) in [7, 11) is 0. The first-order valence-corrected chi connectivity index (χ1v) is 8.91. The molecule has 0 saturated heterocycles. The van der Waals surface area contributed by atoms with Crippen LogP contribution in [0.5, 0.6) is 0 Å². The SMILES string of the molecule is [Ni].[S-]c1cc2ccccc2cc1[S-].[S-]c1cc2ccccc2cc1[S-]. The Morgan fingerprint density at radius 1 is 0.400 bits per heavy atom. The van der Waals surface area contributed by atoms with Gasteiger partial charge in [0, 0.05) is 16.5 Å². The Bertz CT molecular complexity index is 851.